The van der Waals surface area contributed by atoms with Gasteiger partial charge < -0.3 is 9.47 Å². The minimum atomic E-state index is 0.157. The summed E-state index contributed by atoms with van der Waals surface area (Å²) in [5.41, 5.74) is 1.21. The second kappa shape index (κ2) is 8.07. The van der Waals surface area contributed by atoms with Crippen LogP contribution in [0.25, 0.3) is 0 Å². The third kappa shape index (κ3) is 4.18. The van der Waals surface area contributed by atoms with Crippen molar-refractivity contribution in [1.82, 2.24) is 39.6 Å². The zero-order chi connectivity index (χ0) is 18.5. The molecule has 1 amide bonds. The van der Waals surface area contributed by atoms with Crippen molar-refractivity contribution in [3.05, 3.63) is 54.6 Å². The van der Waals surface area contributed by atoms with Crippen molar-refractivity contribution in [2.24, 2.45) is 0 Å². The van der Waals surface area contributed by atoms with Crippen LogP contribution in [0.5, 0.6) is 0 Å². The van der Waals surface area contributed by atoms with Crippen LogP contribution < -0.4 is 0 Å². The van der Waals surface area contributed by atoms with Gasteiger partial charge in [0.2, 0.25) is 5.91 Å². The maximum absolute atomic E-state index is 12.4. The summed E-state index contributed by atoms with van der Waals surface area (Å²) in [6.45, 7) is 2.84. The number of likely N-dealkylation sites (tertiary alicyclic amines) is 1. The first-order chi connectivity index (χ1) is 13.3. The van der Waals surface area contributed by atoms with Gasteiger partial charge in [0.25, 0.3) is 0 Å². The van der Waals surface area contributed by atoms with Crippen LogP contribution in [0.3, 0.4) is 0 Å². The summed E-state index contributed by atoms with van der Waals surface area (Å²) in [7, 11) is 0. The van der Waals surface area contributed by atoms with E-state index in [9.17, 15) is 4.79 Å². The topological polar surface area (TPSA) is 94.6 Å². The molecular weight excluding hydrogens is 344 g/mol. The Labute approximate surface area is 157 Å². The van der Waals surface area contributed by atoms with Gasteiger partial charge >= 0.3 is 0 Å². The lowest BCUT2D eigenvalue weighted by Crippen LogP contribution is -2.38. The number of amides is 1. The number of nitrogens with zero attached hydrogens (tertiary/aromatic N) is 8. The van der Waals surface area contributed by atoms with Gasteiger partial charge in [-0.3, -0.25) is 9.78 Å². The van der Waals surface area contributed by atoms with Crippen LogP contribution in [0.15, 0.2) is 43.2 Å². The minimum absolute atomic E-state index is 0.157. The van der Waals surface area contributed by atoms with E-state index >= 15 is 0 Å². The summed E-state index contributed by atoms with van der Waals surface area (Å²) in [5.74, 6) is 1.64. The van der Waals surface area contributed by atoms with E-state index in [0.717, 1.165) is 38.3 Å². The molecule has 1 fully saturated rings. The van der Waals surface area contributed by atoms with Crippen LogP contribution in [-0.4, -0.2) is 58.6 Å². The molecule has 0 spiro atoms. The zero-order valence-electron chi connectivity index (χ0n) is 15.1. The molecular formula is C18H22N8O. The van der Waals surface area contributed by atoms with Crippen molar-refractivity contribution in [2.75, 3.05) is 13.1 Å². The minimum Gasteiger partial charge on any atom is -0.343 e. The molecule has 0 radical (unpaired) electrons. The van der Waals surface area contributed by atoms with Gasteiger partial charge in [-0.2, -0.15) is 0 Å². The van der Waals surface area contributed by atoms with Gasteiger partial charge in [-0.15, -0.1) is 5.10 Å². The molecule has 0 aromatic carbocycles. The van der Waals surface area contributed by atoms with Crippen LogP contribution in [-0.2, 0) is 17.9 Å². The molecule has 4 heterocycles. The number of rotatable bonds is 6. The SMILES string of the molecule is O=C(CCn1cnnn1)N1CCC(c2nccn2Cc2ccncc2)CC1. The second-order valence-electron chi connectivity index (χ2n) is 6.75. The molecule has 1 saturated heterocycles. The molecule has 3 aromatic rings. The number of hydrogen-bond donors (Lipinski definition) is 0. The van der Waals surface area contributed by atoms with E-state index in [4.69, 9.17) is 0 Å². The molecule has 0 unspecified atom stereocenters. The Kier molecular flexibility index (Phi) is 5.17. The van der Waals surface area contributed by atoms with Gasteiger partial charge in [0.05, 0.1) is 6.54 Å². The normalized spacial score (nSPS) is 15.2. The standard InChI is InChI=1S/C18H22N8O/c27-17(5-11-26-14-21-22-23-26)24-9-3-16(4-10-24)18-20-8-12-25(18)13-15-1-6-19-7-2-15/h1-2,6-8,12,14,16H,3-5,9-11,13H2. The van der Waals surface area contributed by atoms with E-state index < -0.39 is 0 Å². The highest BCUT2D eigenvalue weighted by Crippen LogP contribution is 2.27. The van der Waals surface area contributed by atoms with E-state index in [1.165, 1.54) is 11.9 Å². The van der Waals surface area contributed by atoms with Crippen molar-refractivity contribution >= 4 is 5.91 Å². The first kappa shape index (κ1) is 17.3. The molecule has 27 heavy (non-hydrogen) atoms. The summed E-state index contributed by atoms with van der Waals surface area (Å²) in [4.78, 5) is 23.0. The number of carbonyl (C=O) groups excluding carboxylic acids is 1. The highest BCUT2D eigenvalue weighted by Gasteiger charge is 2.26. The first-order valence-corrected chi connectivity index (χ1v) is 9.18. The summed E-state index contributed by atoms with van der Waals surface area (Å²) in [6.07, 6.45) is 11.3. The zero-order valence-corrected chi connectivity index (χ0v) is 15.1. The smallest absolute Gasteiger partial charge is 0.224 e. The van der Waals surface area contributed by atoms with Crippen molar-refractivity contribution in [2.45, 2.75) is 38.3 Å². The lowest BCUT2D eigenvalue weighted by molar-refractivity contribution is -0.132. The third-order valence-corrected chi connectivity index (χ3v) is 5.01. The lowest BCUT2D eigenvalue weighted by atomic mass is 9.95. The molecule has 3 aromatic heterocycles. The number of aromatic nitrogens is 7. The third-order valence-electron chi connectivity index (χ3n) is 5.01. The average Bonchev–Trinajstić information content (AvgIpc) is 3.39. The van der Waals surface area contributed by atoms with Crippen molar-refractivity contribution < 1.29 is 4.79 Å². The van der Waals surface area contributed by atoms with Crippen molar-refractivity contribution in [1.29, 1.82) is 0 Å². The largest absolute Gasteiger partial charge is 0.343 e. The van der Waals surface area contributed by atoms with Gasteiger partial charge in [0.15, 0.2) is 0 Å². The second-order valence-corrected chi connectivity index (χ2v) is 6.75. The number of pyridine rings is 1. The highest BCUT2D eigenvalue weighted by atomic mass is 16.2. The maximum Gasteiger partial charge on any atom is 0.224 e. The maximum atomic E-state index is 12.4. The molecule has 1 aliphatic rings. The summed E-state index contributed by atoms with van der Waals surface area (Å²) < 4.78 is 3.79. The molecule has 9 heteroatoms. The number of tetrazole rings is 1. The van der Waals surface area contributed by atoms with Crippen LogP contribution in [0.1, 0.15) is 36.6 Å². The number of hydrogen-bond acceptors (Lipinski definition) is 6. The number of imidazole rings is 1. The summed E-state index contributed by atoms with van der Waals surface area (Å²) in [5, 5.41) is 11.0. The van der Waals surface area contributed by atoms with E-state index in [1.807, 2.05) is 41.8 Å². The predicted octanol–water partition coefficient (Wildman–Crippen LogP) is 1.11. The number of piperidine rings is 1. The van der Waals surface area contributed by atoms with Crippen LogP contribution >= 0.6 is 0 Å². The molecule has 0 saturated carbocycles. The lowest BCUT2D eigenvalue weighted by Gasteiger charge is -2.32. The Balaban J connectivity index is 1.32. The quantitative estimate of drug-likeness (QED) is 0.649. The van der Waals surface area contributed by atoms with Gasteiger partial charge in [-0.1, -0.05) is 0 Å². The molecule has 0 N–H and O–H groups in total. The van der Waals surface area contributed by atoms with Crippen LogP contribution in [0, 0.1) is 0 Å². The Hall–Kier alpha value is -3.10. The highest BCUT2D eigenvalue weighted by molar-refractivity contribution is 5.76. The Morgan fingerprint density at radius 1 is 1.15 bits per heavy atom. The van der Waals surface area contributed by atoms with E-state index in [2.05, 4.69) is 30.1 Å². The van der Waals surface area contributed by atoms with E-state index in [1.54, 1.807) is 4.68 Å². The monoisotopic (exact) mass is 366 g/mol. The van der Waals surface area contributed by atoms with Crippen molar-refractivity contribution in [3.63, 3.8) is 0 Å². The molecule has 9 nitrogen and oxygen atoms in total. The molecule has 0 bridgehead atoms. The molecule has 140 valence electrons. The van der Waals surface area contributed by atoms with Gasteiger partial charge in [0.1, 0.15) is 12.2 Å². The van der Waals surface area contributed by atoms with Crippen molar-refractivity contribution in [3.8, 4) is 0 Å². The van der Waals surface area contributed by atoms with E-state index in [-0.39, 0.29) is 5.91 Å². The molecule has 0 aliphatic carbocycles. The molecule has 4 rings (SSSR count). The first-order valence-electron chi connectivity index (χ1n) is 9.18. The fraction of sp³-hybridized carbons (Fsp3) is 0.444. The Bertz CT molecular complexity index is 853. The van der Waals surface area contributed by atoms with Gasteiger partial charge in [-0.25, -0.2) is 9.67 Å². The predicted molar refractivity (Wildman–Crippen MR) is 96.6 cm³/mol. The Morgan fingerprint density at radius 2 is 1.96 bits per heavy atom. The number of aryl methyl sites for hydroxylation is 1. The molecule has 0 atom stereocenters. The fourth-order valence-electron chi connectivity index (χ4n) is 3.54. The fourth-order valence-corrected chi connectivity index (χ4v) is 3.54. The summed E-state index contributed by atoms with van der Waals surface area (Å²) >= 11 is 0. The van der Waals surface area contributed by atoms with Gasteiger partial charge in [-0.05, 0) is 41.0 Å². The number of carbonyl (C=O) groups is 1. The Morgan fingerprint density at radius 3 is 2.70 bits per heavy atom. The average molecular weight is 366 g/mol. The van der Waals surface area contributed by atoms with Crippen LogP contribution in [0.2, 0.25) is 0 Å². The molecule has 1 aliphatic heterocycles. The van der Waals surface area contributed by atoms with Gasteiger partial charge in [0, 0.05) is 56.8 Å². The van der Waals surface area contributed by atoms with E-state index in [0.29, 0.717) is 18.9 Å². The summed E-state index contributed by atoms with van der Waals surface area (Å²) in [6, 6.07) is 4.05. The van der Waals surface area contributed by atoms with Crippen LogP contribution in [0.4, 0.5) is 0 Å².